The molecule has 3 rings (SSSR count). The third-order valence-corrected chi connectivity index (χ3v) is 6.07. The first kappa shape index (κ1) is 22.1. The van der Waals surface area contributed by atoms with Gasteiger partial charge in [-0.3, -0.25) is 9.78 Å². The third-order valence-electron chi connectivity index (χ3n) is 6.07. The second-order valence-electron chi connectivity index (χ2n) is 7.79. The predicted molar refractivity (Wildman–Crippen MR) is 109 cm³/mol. The Morgan fingerprint density at radius 2 is 1.93 bits per heavy atom. The van der Waals surface area contributed by atoms with Gasteiger partial charge in [-0.15, -0.1) is 0 Å². The fourth-order valence-corrected chi connectivity index (χ4v) is 4.38. The van der Waals surface area contributed by atoms with Crippen molar-refractivity contribution in [1.82, 2.24) is 9.97 Å². The molecule has 1 atom stereocenters. The Bertz CT molecular complexity index is 821. The number of pyridine rings is 2. The van der Waals surface area contributed by atoms with Crippen molar-refractivity contribution in [3.8, 4) is 11.6 Å². The average molecular weight is 418 g/mol. The van der Waals surface area contributed by atoms with Crippen LogP contribution in [0.4, 0.5) is 8.78 Å². The molecule has 2 aromatic heterocycles. The molecule has 7 heteroatoms. The first-order chi connectivity index (χ1) is 14.5. The number of ketones is 1. The Hall–Kier alpha value is -2.57. The van der Waals surface area contributed by atoms with Gasteiger partial charge in [0.15, 0.2) is 5.78 Å². The van der Waals surface area contributed by atoms with Gasteiger partial charge in [0, 0.05) is 48.1 Å². The van der Waals surface area contributed by atoms with E-state index in [1.807, 2.05) is 0 Å². The first-order valence-corrected chi connectivity index (χ1v) is 10.4. The first-order valence-electron chi connectivity index (χ1n) is 10.4. The molecule has 0 aromatic carbocycles. The SMILES string of the molecule is CC[C@@H](CC(=O)c1ccc(OC)nc1)C1CCC(c2cc(OC(F)F)ccn2)CC1. The molecular weight excluding hydrogens is 390 g/mol. The van der Waals surface area contributed by atoms with E-state index in [0.717, 1.165) is 37.8 Å². The zero-order chi connectivity index (χ0) is 21.5. The van der Waals surface area contributed by atoms with Crippen LogP contribution in [0.2, 0.25) is 0 Å². The monoisotopic (exact) mass is 418 g/mol. The lowest BCUT2D eigenvalue weighted by molar-refractivity contribution is -0.0499. The summed E-state index contributed by atoms with van der Waals surface area (Å²) in [5, 5.41) is 0. The van der Waals surface area contributed by atoms with Crippen LogP contribution in [0.1, 0.15) is 67.4 Å². The summed E-state index contributed by atoms with van der Waals surface area (Å²) in [7, 11) is 1.55. The van der Waals surface area contributed by atoms with E-state index in [0.29, 0.717) is 29.7 Å². The smallest absolute Gasteiger partial charge is 0.387 e. The molecule has 0 saturated heterocycles. The number of nitrogens with zero attached hydrogens (tertiary/aromatic N) is 2. The maximum Gasteiger partial charge on any atom is 0.387 e. The number of rotatable bonds is 9. The maximum atomic E-state index is 12.7. The van der Waals surface area contributed by atoms with Crippen LogP contribution in [0.15, 0.2) is 36.7 Å². The third kappa shape index (κ3) is 5.74. The van der Waals surface area contributed by atoms with Gasteiger partial charge in [0.2, 0.25) is 5.88 Å². The molecule has 30 heavy (non-hydrogen) atoms. The molecule has 5 nitrogen and oxygen atoms in total. The Morgan fingerprint density at radius 1 is 1.17 bits per heavy atom. The molecule has 2 heterocycles. The Morgan fingerprint density at radius 3 is 2.53 bits per heavy atom. The zero-order valence-corrected chi connectivity index (χ0v) is 17.4. The van der Waals surface area contributed by atoms with Crippen molar-refractivity contribution >= 4 is 5.78 Å². The summed E-state index contributed by atoms with van der Waals surface area (Å²) in [6.45, 7) is -0.706. The minimum atomic E-state index is -2.83. The Balaban J connectivity index is 1.56. The van der Waals surface area contributed by atoms with Crippen LogP contribution in [-0.4, -0.2) is 29.5 Å². The van der Waals surface area contributed by atoms with E-state index in [1.165, 1.54) is 12.3 Å². The highest BCUT2D eigenvalue weighted by atomic mass is 19.3. The van der Waals surface area contributed by atoms with Gasteiger partial charge in [0.1, 0.15) is 5.75 Å². The molecule has 0 spiro atoms. The van der Waals surface area contributed by atoms with Crippen molar-refractivity contribution in [3.63, 3.8) is 0 Å². The molecule has 1 aliphatic carbocycles. The lowest BCUT2D eigenvalue weighted by Gasteiger charge is -2.33. The van der Waals surface area contributed by atoms with Crippen LogP contribution in [0.25, 0.3) is 0 Å². The molecule has 0 N–H and O–H groups in total. The summed E-state index contributed by atoms with van der Waals surface area (Å²) in [4.78, 5) is 21.2. The molecular formula is C23H28F2N2O3. The van der Waals surface area contributed by atoms with Crippen molar-refractivity contribution in [3.05, 3.63) is 47.9 Å². The molecule has 2 aromatic rings. The molecule has 0 bridgehead atoms. The van der Waals surface area contributed by atoms with Crippen LogP contribution in [-0.2, 0) is 0 Å². The van der Waals surface area contributed by atoms with Crippen LogP contribution in [0, 0.1) is 11.8 Å². The number of aromatic nitrogens is 2. The van der Waals surface area contributed by atoms with E-state index in [1.54, 1.807) is 31.5 Å². The van der Waals surface area contributed by atoms with E-state index >= 15 is 0 Å². The van der Waals surface area contributed by atoms with Gasteiger partial charge in [0.25, 0.3) is 0 Å². The number of ether oxygens (including phenoxy) is 2. The predicted octanol–water partition coefficient (Wildman–Crippen LogP) is 5.66. The fourth-order valence-electron chi connectivity index (χ4n) is 4.38. The molecule has 1 fully saturated rings. The topological polar surface area (TPSA) is 61.3 Å². The zero-order valence-electron chi connectivity index (χ0n) is 17.4. The van der Waals surface area contributed by atoms with Gasteiger partial charge in [0.05, 0.1) is 7.11 Å². The second-order valence-corrected chi connectivity index (χ2v) is 7.79. The lowest BCUT2D eigenvalue weighted by atomic mass is 9.72. The summed E-state index contributed by atoms with van der Waals surface area (Å²) >= 11 is 0. The van der Waals surface area contributed by atoms with E-state index < -0.39 is 6.61 Å². The highest BCUT2D eigenvalue weighted by molar-refractivity contribution is 5.95. The summed E-state index contributed by atoms with van der Waals surface area (Å²) < 4.78 is 34.5. The summed E-state index contributed by atoms with van der Waals surface area (Å²) in [5.74, 6) is 1.79. The van der Waals surface area contributed by atoms with Crippen LogP contribution < -0.4 is 9.47 Å². The van der Waals surface area contributed by atoms with Crippen LogP contribution in [0.5, 0.6) is 11.6 Å². The van der Waals surface area contributed by atoms with Gasteiger partial charge in [-0.2, -0.15) is 8.78 Å². The Labute approximate surface area is 175 Å². The largest absolute Gasteiger partial charge is 0.481 e. The standard InChI is InChI=1S/C23H28F2N2O3/c1-3-15(12-21(28)18-8-9-22(29-2)27-14-18)16-4-6-17(7-5-16)20-13-19(10-11-26-20)30-23(24)25/h8-11,13-17,23H,3-7,12H2,1-2H3/t15-,16?,17?/m0/s1. The maximum absolute atomic E-state index is 12.7. The van der Waals surface area contributed by atoms with E-state index in [-0.39, 0.29) is 17.5 Å². The number of carbonyl (C=O) groups excluding carboxylic acids is 1. The number of carbonyl (C=O) groups is 1. The molecule has 0 aliphatic heterocycles. The second kappa shape index (κ2) is 10.5. The number of Topliss-reactive ketones (excluding diaryl/α,β-unsaturated/α-hetero) is 1. The van der Waals surface area contributed by atoms with Crippen molar-refractivity contribution in [1.29, 1.82) is 0 Å². The van der Waals surface area contributed by atoms with Crippen molar-refractivity contribution < 1.29 is 23.0 Å². The minimum absolute atomic E-state index is 0.109. The van der Waals surface area contributed by atoms with Gasteiger partial charge in [-0.1, -0.05) is 13.3 Å². The summed E-state index contributed by atoms with van der Waals surface area (Å²) in [6, 6.07) is 6.54. The van der Waals surface area contributed by atoms with E-state index in [2.05, 4.69) is 21.6 Å². The fraction of sp³-hybridized carbons (Fsp3) is 0.522. The van der Waals surface area contributed by atoms with Gasteiger partial charge >= 0.3 is 6.61 Å². The van der Waals surface area contributed by atoms with Gasteiger partial charge in [-0.25, -0.2) is 4.98 Å². The Kier molecular flexibility index (Phi) is 7.71. The van der Waals surface area contributed by atoms with Gasteiger partial charge < -0.3 is 9.47 Å². The molecule has 0 radical (unpaired) electrons. The minimum Gasteiger partial charge on any atom is -0.481 e. The van der Waals surface area contributed by atoms with Crippen LogP contribution in [0.3, 0.4) is 0 Å². The van der Waals surface area contributed by atoms with E-state index in [9.17, 15) is 13.6 Å². The molecule has 162 valence electrons. The normalized spacial score (nSPS) is 20.0. The molecule has 1 saturated carbocycles. The van der Waals surface area contributed by atoms with Gasteiger partial charge in [-0.05, 0) is 49.7 Å². The average Bonchev–Trinajstić information content (AvgIpc) is 2.77. The quantitative estimate of drug-likeness (QED) is 0.492. The molecule has 1 aliphatic rings. The van der Waals surface area contributed by atoms with E-state index in [4.69, 9.17) is 4.74 Å². The molecule has 0 unspecified atom stereocenters. The number of halogens is 2. The van der Waals surface area contributed by atoms with Crippen LogP contribution >= 0.6 is 0 Å². The number of alkyl halides is 2. The molecule has 0 amide bonds. The number of hydrogen-bond acceptors (Lipinski definition) is 5. The van der Waals surface area contributed by atoms with Crippen molar-refractivity contribution in [2.45, 2.75) is 58.0 Å². The summed E-state index contributed by atoms with van der Waals surface area (Å²) in [5.41, 5.74) is 1.42. The van der Waals surface area contributed by atoms with Crippen molar-refractivity contribution in [2.24, 2.45) is 11.8 Å². The lowest BCUT2D eigenvalue weighted by Crippen LogP contribution is -2.23. The highest BCUT2D eigenvalue weighted by Crippen LogP contribution is 2.41. The number of methoxy groups -OCH3 is 1. The highest BCUT2D eigenvalue weighted by Gasteiger charge is 2.29. The van der Waals surface area contributed by atoms with Crippen molar-refractivity contribution in [2.75, 3.05) is 7.11 Å². The summed E-state index contributed by atoms with van der Waals surface area (Å²) in [6.07, 6.45) is 8.42. The number of hydrogen-bond donors (Lipinski definition) is 0.